The number of imidazole rings is 1. The van der Waals surface area contributed by atoms with Gasteiger partial charge in [0.2, 0.25) is 0 Å². The molecular weight excluding hydrogens is 585 g/mol. The average Bonchev–Trinajstić information content (AvgIpc) is 3.39. The predicted molar refractivity (Wildman–Crippen MR) is 170 cm³/mol. The number of ether oxygens (including phenoxy) is 3. The maximum Gasteiger partial charge on any atom is 0.140 e. The van der Waals surface area contributed by atoms with Crippen LogP contribution in [-0.4, -0.2) is 58.5 Å². The predicted octanol–water partition coefficient (Wildman–Crippen LogP) is 7.45. The molecule has 4 rings (SSSR count). The minimum atomic E-state index is -0.538. The zero-order valence-corrected chi connectivity index (χ0v) is 25.9. The molecule has 0 radical (unpaired) electrons. The molecule has 0 bridgehead atoms. The largest absolute Gasteiger partial charge is 0.491 e. The number of hydrogen-bond donors (Lipinski definition) is 1. The molecule has 1 N–H and O–H groups in total. The third-order valence-corrected chi connectivity index (χ3v) is 6.59. The summed E-state index contributed by atoms with van der Waals surface area (Å²) in [7, 11) is 0. The van der Waals surface area contributed by atoms with Crippen LogP contribution in [0.1, 0.15) is 26.6 Å². The van der Waals surface area contributed by atoms with Gasteiger partial charge in [-0.3, -0.25) is 0 Å². The van der Waals surface area contributed by atoms with Gasteiger partial charge in [-0.15, -0.1) is 24.8 Å². The number of benzene rings is 3. The summed E-state index contributed by atoms with van der Waals surface area (Å²) in [6.45, 7) is 9.79. The number of aliphatic hydroxyl groups excluding tert-OH is 1. The smallest absolute Gasteiger partial charge is 0.140 e. The molecule has 0 saturated carbocycles. The highest BCUT2D eigenvalue weighted by atomic mass is 35.5. The van der Waals surface area contributed by atoms with Crippen molar-refractivity contribution in [2.75, 3.05) is 32.8 Å². The van der Waals surface area contributed by atoms with Crippen LogP contribution in [0.2, 0.25) is 5.02 Å². The average molecular weight is 623 g/mol. The Labute approximate surface area is 259 Å². The highest BCUT2D eigenvalue weighted by Crippen LogP contribution is 2.27. The first-order chi connectivity index (χ1) is 19.0. The monoisotopic (exact) mass is 621 g/mol. The van der Waals surface area contributed by atoms with Crippen LogP contribution in [0.3, 0.4) is 0 Å². The van der Waals surface area contributed by atoms with E-state index in [1.807, 2.05) is 78.4 Å². The van der Waals surface area contributed by atoms with Crippen LogP contribution in [0.25, 0.3) is 16.9 Å². The molecule has 41 heavy (non-hydrogen) atoms. The minimum absolute atomic E-state index is 0. The molecule has 0 fully saturated rings. The zero-order chi connectivity index (χ0) is 27.6. The molecule has 0 aliphatic carbocycles. The van der Waals surface area contributed by atoms with Crippen LogP contribution < -0.4 is 9.47 Å². The van der Waals surface area contributed by atoms with Gasteiger partial charge < -0.3 is 28.8 Å². The number of rotatable bonds is 14. The van der Waals surface area contributed by atoms with Crippen LogP contribution in [0.5, 0.6) is 17.2 Å². The van der Waals surface area contributed by atoms with Gasteiger partial charge in [0.1, 0.15) is 42.4 Å². The number of nitrogens with zero attached hydrogens (tertiary/aromatic N) is 3. The molecule has 222 valence electrons. The number of aliphatic hydroxyl groups is 1. The Kier molecular flexibility index (Phi) is 14.5. The van der Waals surface area contributed by atoms with E-state index in [1.54, 1.807) is 12.1 Å². The molecule has 7 nitrogen and oxygen atoms in total. The van der Waals surface area contributed by atoms with Gasteiger partial charge >= 0.3 is 0 Å². The molecular formula is C31H38Cl3N3O4. The maximum absolute atomic E-state index is 10.3. The Bertz CT molecular complexity index is 1300. The second-order valence-electron chi connectivity index (χ2n) is 9.07. The summed E-state index contributed by atoms with van der Waals surface area (Å²) in [4.78, 5) is 7.03. The van der Waals surface area contributed by atoms with Gasteiger partial charge in [-0.25, -0.2) is 4.98 Å². The summed E-state index contributed by atoms with van der Waals surface area (Å²) in [5.74, 6) is 2.96. The van der Waals surface area contributed by atoms with E-state index in [9.17, 15) is 5.11 Å². The Hall–Kier alpha value is -2.78. The van der Waals surface area contributed by atoms with Crippen molar-refractivity contribution in [3.8, 4) is 34.2 Å². The summed E-state index contributed by atoms with van der Waals surface area (Å²) in [6, 6.07) is 22.9. The van der Waals surface area contributed by atoms with Gasteiger partial charge in [0, 0.05) is 35.6 Å². The highest BCUT2D eigenvalue weighted by molar-refractivity contribution is 6.30. The Morgan fingerprint density at radius 3 is 2.02 bits per heavy atom. The molecule has 10 heteroatoms. The topological polar surface area (TPSA) is 69.0 Å². The van der Waals surface area contributed by atoms with E-state index in [0.29, 0.717) is 30.5 Å². The van der Waals surface area contributed by atoms with E-state index in [-0.39, 0.29) is 31.4 Å². The number of hydrogen-bond acceptors (Lipinski definition) is 6. The van der Waals surface area contributed by atoms with Crippen molar-refractivity contribution in [3.63, 3.8) is 0 Å². The lowest BCUT2D eigenvalue weighted by molar-refractivity contribution is 0.0716. The third-order valence-electron chi connectivity index (χ3n) is 6.33. The number of aromatic nitrogens is 2. The summed E-state index contributed by atoms with van der Waals surface area (Å²) in [5.41, 5.74) is 2.75. The third kappa shape index (κ3) is 9.92. The molecule has 0 aliphatic rings. The minimum Gasteiger partial charge on any atom is -0.491 e. The van der Waals surface area contributed by atoms with Crippen LogP contribution in [0, 0.1) is 0 Å². The molecule has 1 aromatic heterocycles. The normalized spacial score (nSPS) is 11.5. The second kappa shape index (κ2) is 17.2. The van der Waals surface area contributed by atoms with Crippen molar-refractivity contribution >= 4 is 36.4 Å². The maximum atomic E-state index is 10.3. The summed E-state index contributed by atoms with van der Waals surface area (Å²) < 4.78 is 19.5. The van der Waals surface area contributed by atoms with Crippen molar-refractivity contribution in [3.05, 3.63) is 89.8 Å². The van der Waals surface area contributed by atoms with Gasteiger partial charge in [-0.1, -0.05) is 25.4 Å². The van der Waals surface area contributed by atoms with Gasteiger partial charge in [0.15, 0.2) is 0 Å². The fraction of sp³-hybridized carbons (Fsp3) is 0.323. The van der Waals surface area contributed by atoms with Crippen LogP contribution in [0.15, 0.2) is 79.0 Å². The highest BCUT2D eigenvalue weighted by Gasteiger charge is 2.13. The number of likely N-dealkylation sites (N-methyl/N-ethyl adjacent to an activating group) is 1. The van der Waals surface area contributed by atoms with E-state index in [0.717, 1.165) is 47.4 Å². The fourth-order valence-corrected chi connectivity index (χ4v) is 4.26. The summed E-state index contributed by atoms with van der Waals surface area (Å²) in [6.07, 6.45) is 1.47. The van der Waals surface area contributed by atoms with Gasteiger partial charge in [-0.2, -0.15) is 0 Å². The molecule has 1 atom stereocenters. The molecule has 0 amide bonds. The molecule has 0 spiro atoms. The first-order valence-electron chi connectivity index (χ1n) is 13.3. The van der Waals surface area contributed by atoms with E-state index in [4.69, 9.17) is 30.8 Å². The molecule has 1 heterocycles. The lowest BCUT2D eigenvalue weighted by atomic mass is 10.1. The zero-order valence-electron chi connectivity index (χ0n) is 23.5. The van der Waals surface area contributed by atoms with Gasteiger partial charge in [-0.05, 0) is 92.8 Å². The Balaban J connectivity index is 0.00000294. The summed E-state index contributed by atoms with van der Waals surface area (Å²) >= 11 is 5.97. The Morgan fingerprint density at radius 2 is 1.44 bits per heavy atom. The molecule has 3 aromatic carbocycles. The molecule has 1 unspecified atom stereocenters. The SMILES string of the molecule is CCOCc1nc(-c2ccc(OCC(O)CN(CC)CC)cc2)cn1-c1ccc(Oc2ccc(Cl)cc2)cc1.Cl.Cl. The lowest BCUT2D eigenvalue weighted by Gasteiger charge is -2.21. The van der Waals surface area contributed by atoms with Crippen molar-refractivity contribution < 1.29 is 19.3 Å². The van der Waals surface area contributed by atoms with E-state index >= 15 is 0 Å². The van der Waals surface area contributed by atoms with Crippen molar-refractivity contribution in [1.29, 1.82) is 0 Å². The quantitative estimate of drug-likeness (QED) is 0.158. The first-order valence-corrected chi connectivity index (χ1v) is 13.7. The van der Waals surface area contributed by atoms with Gasteiger partial charge in [0.05, 0.1) is 5.69 Å². The van der Waals surface area contributed by atoms with Gasteiger partial charge in [0.25, 0.3) is 0 Å². The van der Waals surface area contributed by atoms with Crippen LogP contribution in [-0.2, 0) is 11.3 Å². The molecule has 0 saturated heterocycles. The first kappa shape index (κ1) is 34.4. The Morgan fingerprint density at radius 1 is 0.854 bits per heavy atom. The van der Waals surface area contributed by atoms with Crippen LogP contribution in [0.4, 0.5) is 0 Å². The van der Waals surface area contributed by atoms with Crippen LogP contribution >= 0.6 is 36.4 Å². The molecule has 4 aromatic rings. The fourth-order valence-electron chi connectivity index (χ4n) is 4.14. The van der Waals surface area contributed by atoms with Crippen molar-refractivity contribution in [1.82, 2.24) is 14.5 Å². The second-order valence-corrected chi connectivity index (χ2v) is 9.51. The lowest BCUT2D eigenvalue weighted by Crippen LogP contribution is -2.35. The van der Waals surface area contributed by atoms with E-state index in [2.05, 4.69) is 18.7 Å². The number of halogens is 3. The van der Waals surface area contributed by atoms with Crippen molar-refractivity contribution in [2.45, 2.75) is 33.5 Å². The summed E-state index contributed by atoms with van der Waals surface area (Å²) in [5, 5.41) is 11.0. The van der Waals surface area contributed by atoms with E-state index in [1.165, 1.54) is 0 Å². The molecule has 0 aliphatic heterocycles. The van der Waals surface area contributed by atoms with E-state index < -0.39 is 6.10 Å². The standard InChI is InChI=1S/C31H36ClN3O4.2ClH/c1-4-34(5-2)19-26(36)21-38-27-13-7-23(8-14-27)30-20-35(31(33-30)22-37-6-3)25-11-17-29(18-12-25)39-28-15-9-24(32)10-16-28;;/h7-18,20,26,36H,4-6,19,21-22H2,1-3H3;2*1H. The van der Waals surface area contributed by atoms with Crippen molar-refractivity contribution in [2.24, 2.45) is 0 Å².